The van der Waals surface area contributed by atoms with Crippen LogP contribution in [-0.2, 0) is 0 Å². The highest BCUT2D eigenvalue weighted by atomic mass is 19.1. The SMILES string of the molecule is COc1cc(-c2cccc3cc([C@H](C)Nc4cc(-c5ccc(O)c(F)c5)nc(N)n4)n(-c4ccccc4)c(=O)c23)ccn1. The number of nitrogens with two attached hydrogens (primary N) is 1. The molecule has 0 amide bonds. The van der Waals surface area contributed by atoms with Gasteiger partial charge in [-0.25, -0.2) is 14.4 Å². The van der Waals surface area contributed by atoms with E-state index in [0.29, 0.717) is 39.7 Å². The van der Waals surface area contributed by atoms with Crippen LogP contribution in [0.3, 0.4) is 0 Å². The number of nitrogen functional groups attached to an aromatic ring is 1. The lowest BCUT2D eigenvalue weighted by Crippen LogP contribution is -2.26. The number of aromatic hydroxyl groups is 1. The van der Waals surface area contributed by atoms with Crippen molar-refractivity contribution in [2.45, 2.75) is 13.0 Å². The molecule has 0 aliphatic rings. The fourth-order valence-corrected chi connectivity index (χ4v) is 5.12. The molecule has 0 aliphatic carbocycles. The molecule has 3 aromatic heterocycles. The highest BCUT2D eigenvalue weighted by Gasteiger charge is 2.20. The maximum atomic E-state index is 14.4. The summed E-state index contributed by atoms with van der Waals surface area (Å²) < 4.78 is 21.1. The summed E-state index contributed by atoms with van der Waals surface area (Å²) in [5, 5.41) is 14.2. The van der Waals surface area contributed by atoms with E-state index in [2.05, 4.69) is 20.3 Å². The van der Waals surface area contributed by atoms with Gasteiger partial charge in [-0.15, -0.1) is 0 Å². The van der Waals surface area contributed by atoms with Crippen LogP contribution >= 0.6 is 0 Å². The zero-order valence-corrected chi connectivity index (χ0v) is 23.3. The molecule has 3 heterocycles. The smallest absolute Gasteiger partial charge is 0.263 e. The summed E-state index contributed by atoms with van der Waals surface area (Å²) >= 11 is 0. The second-order valence-corrected chi connectivity index (χ2v) is 9.93. The number of rotatable bonds is 7. The fraction of sp³-hybridized carbons (Fsp3) is 0.0909. The highest BCUT2D eigenvalue weighted by molar-refractivity contribution is 5.96. The topological polar surface area (TPSA) is 128 Å². The van der Waals surface area contributed by atoms with Crippen LogP contribution in [0.25, 0.3) is 38.8 Å². The zero-order valence-electron chi connectivity index (χ0n) is 23.3. The minimum Gasteiger partial charge on any atom is -0.505 e. The largest absolute Gasteiger partial charge is 0.505 e. The number of hydrogen-bond acceptors (Lipinski definition) is 8. The summed E-state index contributed by atoms with van der Waals surface area (Å²) in [4.78, 5) is 27.2. The second kappa shape index (κ2) is 11.2. The third-order valence-electron chi connectivity index (χ3n) is 7.14. The van der Waals surface area contributed by atoms with Gasteiger partial charge < -0.3 is 20.9 Å². The molecule has 0 aliphatic heterocycles. The molecule has 0 radical (unpaired) electrons. The van der Waals surface area contributed by atoms with Crippen LogP contribution in [0.4, 0.5) is 16.2 Å². The van der Waals surface area contributed by atoms with Crippen LogP contribution in [-0.4, -0.2) is 31.7 Å². The van der Waals surface area contributed by atoms with Gasteiger partial charge in [-0.1, -0.05) is 36.4 Å². The quantitative estimate of drug-likeness (QED) is 0.208. The van der Waals surface area contributed by atoms with Gasteiger partial charge >= 0.3 is 0 Å². The monoisotopic (exact) mass is 574 g/mol. The number of anilines is 2. The Hall–Kier alpha value is -5.77. The first-order valence-corrected chi connectivity index (χ1v) is 13.5. The molecular weight excluding hydrogens is 547 g/mol. The Morgan fingerprint density at radius 2 is 1.77 bits per heavy atom. The normalized spacial score (nSPS) is 11.8. The lowest BCUT2D eigenvalue weighted by Gasteiger charge is -2.22. The first-order chi connectivity index (χ1) is 20.8. The van der Waals surface area contributed by atoms with Gasteiger partial charge in [-0.2, -0.15) is 4.98 Å². The van der Waals surface area contributed by atoms with Crippen molar-refractivity contribution < 1.29 is 14.2 Å². The van der Waals surface area contributed by atoms with Gasteiger partial charge in [0, 0.05) is 35.3 Å². The summed E-state index contributed by atoms with van der Waals surface area (Å²) in [6.45, 7) is 1.91. The van der Waals surface area contributed by atoms with E-state index in [1.54, 1.807) is 36.1 Å². The zero-order chi connectivity index (χ0) is 30.1. The van der Waals surface area contributed by atoms with Crippen LogP contribution < -0.4 is 21.3 Å². The fourth-order valence-electron chi connectivity index (χ4n) is 5.12. The summed E-state index contributed by atoms with van der Waals surface area (Å²) in [5.41, 5.74) is 9.57. The molecule has 0 unspecified atom stereocenters. The number of hydrogen-bond donors (Lipinski definition) is 3. The van der Waals surface area contributed by atoms with Crippen LogP contribution in [0.2, 0.25) is 0 Å². The number of benzene rings is 3. The van der Waals surface area contributed by atoms with Crippen molar-refractivity contribution in [1.29, 1.82) is 0 Å². The maximum Gasteiger partial charge on any atom is 0.263 e. The van der Waals surface area contributed by atoms with E-state index in [1.165, 1.54) is 12.1 Å². The van der Waals surface area contributed by atoms with Crippen LogP contribution in [0.5, 0.6) is 11.6 Å². The molecule has 0 bridgehead atoms. The summed E-state index contributed by atoms with van der Waals surface area (Å²) in [6.07, 6.45) is 1.65. The molecule has 6 aromatic rings. The van der Waals surface area contributed by atoms with Crippen molar-refractivity contribution in [1.82, 2.24) is 19.5 Å². The molecule has 0 fully saturated rings. The molecule has 0 saturated heterocycles. The minimum absolute atomic E-state index is 0.0166. The van der Waals surface area contributed by atoms with Crippen molar-refractivity contribution in [3.8, 4) is 39.7 Å². The number of fused-ring (bicyclic) bond motifs is 1. The van der Waals surface area contributed by atoms with Crippen molar-refractivity contribution in [3.05, 3.63) is 119 Å². The summed E-state index contributed by atoms with van der Waals surface area (Å²) in [5.74, 6) is -0.416. The van der Waals surface area contributed by atoms with E-state index in [4.69, 9.17) is 10.5 Å². The van der Waals surface area contributed by atoms with E-state index in [1.807, 2.05) is 67.6 Å². The average molecular weight is 575 g/mol. The van der Waals surface area contributed by atoms with Crippen molar-refractivity contribution in [2.75, 3.05) is 18.2 Å². The van der Waals surface area contributed by atoms with Crippen molar-refractivity contribution in [2.24, 2.45) is 0 Å². The predicted octanol–water partition coefficient (Wildman–Crippen LogP) is 6.12. The van der Waals surface area contributed by atoms with Gasteiger partial charge in [0.05, 0.1) is 24.2 Å². The van der Waals surface area contributed by atoms with Crippen molar-refractivity contribution in [3.63, 3.8) is 0 Å². The van der Waals surface area contributed by atoms with Gasteiger partial charge in [0.1, 0.15) is 5.82 Å². The van der Waals surface area contributed by atoms with Gasteiger partial charge in [-0.05, 0) is 65.9 Å². The van der Waals surface area contributed by atoms with E-state index in [-0.39, 0.29) is 11.5 Å². The third-order valence-corrected chi connectivity index (χ3v) is 7.14. The Morgan fingerprint density at radius 1 is 0.953 bits per heavy atom. The number of aromatic nitrogens is 4. The van der Waals surface area contributed by atoms with Gasteiger partial charge in [0.2, 0.25) is 11.8 Å². The summed E-state index contributed by atoms with van der Waals surface area (Å²) in [7, 11) is 1.55. The Balaban J connectivity index is 1.48. The first-order valence-electron chi connectivity index (χ1n) is 13.5. The molecule has 1 atom stereocenters. The molecule has 10 heteroatoms. The Kier molecular flexibility index (Phi) is 7.17. The Morgan fingerprint density at radius 3 is 2.53 bits per heavy atom. The number of methoxy groups -OCH3 is 1. The van der Waals surface area contributed by atoms with Gasteiger partial charge in [0.15, 0.2) is 11.6 Å². The number of nitrogens with zero attached hydrogens (tertiary/aromatic N) is 4. The molecule has 6 rings (SSSR count). The highest BCUT2D eigenvalue weighted by Crippen LogP contribution is 2.32. The molecule has 4 N–H and O–H groups in total. The predicted molar refractivity (Wildman–Crippen MR) is 165 cm³/mol. The Labute approximate surface area is 246 Å². The first kappa shape index (κ1) is 27.4. The number of phenolic OH excluding ortho intramolecular Hbond substituents is 1. The van der Waals surface area contributed by atoms with Gasteiger partial charge in [0.25, 0.3) is 5.56 Å². The number of ether oxygens (including phenoxy) is 1. The molecule has 43 heavy (non-hydrogen) atoms. The van der Waals surface area contributed by atoms with Crippen LogP contribution in [0, 0.1) is 5.82 Å². The Bertz CT molecular complexity index is 2030. The van der Waals surface area contributed by atoms with Crippen LogP contribution in [0.15, 0.2) is 102 Å². The average Bonchev–Trinajstić information content (AvgIpc) is 3.02. The molecule has 3 aromatic carbocycles. The standard InChI is InChI=1S/C33H27FN6O3/c1-19(37-29-18-26(38-33(35)39-29)21-11-12-28(41)25(34)15-21)27-16-22-7-6-10-24(20-13-14-36-30(17-20)43-2)31(22)32(42)40(27)23-8-4-3-5-9-23/h3-19,41H,1-2H3,(H3,35,37,38,39)/t19-/m0/s1. The van der Waals surface area contributed by atoms with Crippen molar-refractivity contribution >= 4 is 22.5 Å². The molecule has 9 nitrogen and oxygen atoms in total. The molecule has 0 spiro atoms. The number of phenols is 1. The third kappa shape index (κ3) is 5.33. The van der Waals surface area contributed by atoms with E-state index in [9.17, 15) is 14.3 Å². The lowest BCUT2D eigenvalue weighted by molar-refractivity contribution is 0.398. The minimum atomic E-state index is -0.773. The summed E-state index contributed by atoms with van der Waals surface area (Å²) in [6, 6.07) is 25.9. The van der Waals surface area contributed by atoms with E-state index in [0.717, 1.165) is 16.5 Å². The van der Waals surface area contributed by atoms with Crippen LogP contribution in [0.1, 0.15) is 18.7 Å². The lowest BCUT2D eigenvalue weighted by atomic mass is 9.98. The molecule has 214 valence electrons. The van der Waals surface area contributed by atoms with E-state index >= 15 is 0 Å². The number of halogens is 1. The number of nitrogens with one attached hydrogen (secondary N) is 1. The van der Waals surface area contributed by atoms with Gasteiger partial charge in [-0.3, -0.25) is 9.36 Å². The molecular formula is C33H27FN6O3. The molecule has 0 saturated carbocycles. The second-order valence-electron chi connectivity index (χ2n) is 9.93. The number of pyridine rings is 2. The maximum absolute atomic E-state index is 14.4. The van der Waals surface area contributed by atoms with E-state index < -0.39 is 17.6 Å². The number of para-hydroxylation sites is 1.